The summed E-state index contributed by atoms with van der Waals surface area (Å²) in [5.41, 5.74) is 2.54. The van der Waals surface area contributed by atoms with E-state index in [9.17, 15) is 9.90 Å². The normalized spacial score (nSPS) is 24.4. The largest absolute Gasteiger partial charge is 0.489 e. The molecule has 2 N–H and O–H groups in total. The fourth-order valence-electron chi connectivity index (χ4n) is 3.51. The van der Waals surface area contributed by atoms with Crippen molar-refractivity contribution < 1.29 is 24.5 Å². The van der Waals surface area contributed by atoms with Crippen LogP contribution in [0.5, 0.6) is 5.75 Å². The van der Waals surface area contributed by atoms with Gasteiger partial charge in [-0.1, -0.05) is 42.8 Å². The van der Waals surface area contributed by atoms with Gasteiger partial charge in [0.2, 0.25) is 4.93 Å². The highest BCUT2D eigenvalue weighted by molar-refractivity contribution is 8.17. The number of hydrogen-bond donors (Lipinski definition) is 2. The number of aryl methyl sites for hydroxylation is 1. The van der Waals surface area contributed by atoms with E-state index in [-0.39, 0.29) is 12.5 Å². The number of hydrogen-bond acceptors (Lipinski definition) is 7. The molecule has 170 valence electrons. The second-order valence-corrected chi connectivity index (χ2v) is 9.28. The first kappa shape index (κ1) is 23.1. The zero-order chi connectivity index (χ0) is 22.9. The number of halogens is 1. The molecule has 2 unspecified atom stereocenters. The van der Waals surface area contributed by atoms with Crippen LogP contribution < -0.4 is 9.64 Å². The van der Waals surface area contributed by atoms with Gasteiger partial charge in [0, 0.05) is 6.54 Å². The van der Waals surface area contributed by atoms with E-state index >= 15 is 0 Å². The number of para-hydroxylation sites is 1. The molecule has 4 rings (SSSR count). The number of aliphatic hydroxyl groups excluding tert-OH is 2. The Morgan fingerprint density at radius 3 is 2.81 bits per heavy atom. The highest BCUT2D eigenvalue weighted by atomic mass is 35.5. The fraction of sp³-hybridized carbons (Fsp3) is 0.391. The molecule has 32 heavy (non-hydrogen) atoms. The van der Waals surface area contributed by atoms with Crippen LogP contribution in [-0.2, 0) is 9.53 Å². The van der Waals surface area contributed by atoms with E-state index in [1.165, 1.54) is 11.8 Å². The topological polar surface area (TPSA) is 94.9 Å². The first-order valence-corrected chi connectivity index (χ1v) is 11.6. The molecule has 2 fully saturated rings. The Bertz CT molecular complexity index is 1050. The third-order valence-electron chi connectivity index (χ3n) is 5.24. The molecule has 0 radical (unpaired) electrons. The second-order valence-electron chi connectivity index (χ2n) is 7.70. The number of ether oxygens (including phenoxy) is 2. The molecule has 0 aromatic heterocycles. The minimum absolute atomic E-state index is 0.0730. The number of benzene rings is 2. The van der Waals surface area contributed by atoms with Gasteiger partial charge in [-0.25, -0.2) is 0 Å². The van der Waals surface area contributed by atoms with Crippen LogP contribution in [0.3, 0.4) is 0 Å². The van der Waals surface area contributed by atoms with E-state index < -0.39 is 23.7 Å². The smallest absolute Gasteiger partial charge is 0.279 e. The maximum Gasteiger partial charge on any atom is 0.279 e. The van der Waals surface area contributed by atoms with Crippen LogP contribution >= 0.6 is 23.4 Å². The maximum absolute atomic E-state index is 13.6. The summed E-state index contributed by atoms with van der Waals surface area (Å²) in [6, 6.07) is 12.9. The number of amidine groups is 1. The number of thioether (sulfide) groups is 1. The number of aliphatic hydroxyl groups is 2. The zero-order valence-corrected chi connectivity index (χ0v) is 19.4. The summed E-state index contributed by atoms with van der Waals surface area (Å²) in [6.45, 7) is 4.16. The van der Waals surface area contributed by atoms with Crippen LogP contribution in [0.25, 0.3) is 0 Å². The SMILES string of the molecule is CCC/N=C1\SC2(OC2c2ccc(OC[C@H](O)CO)c(Cl)c2)C(=O)N1c1ccccc1C. The quantitative estimate of drug-likeness (QED) is 0.564. The third kappa shape index (κ3) is 4.25. The Hall–Kier alpha value is -2.10. The number of epoxide rings is 1. The first-order valence-electron chi connectivity index (χ1n) is 10.4. The Morgan fingerprint density at radius 2 is 2.12 bits per heavy atom. The lowest BCUT2D eigenvalue weighted by Gasteiger charge is -2.18. The average molecular weight is 477 g/mol. The lowest BCUT2D eigenvalue weighted by atomic mass is 10.1. The molecule has 0 saturated carbocycles. The summed E-state index contributed by atoms with van der Waals surface area (Å²) in [6.07, 6.45) is -0.573. The number of nitrogens with zero attached hydrogens (tertiary/aromatic N) is 2. The Morgan fingerprint density at radius 1 is 1.34 bits per heavy atom. The van der Waals surface area contributed by atoms with E-state index in [2.05, 4.69) is 4.99 Å². The van der Waals surface area contributed by atoms with E-state index in [1.54, 1.807) is 23.1 Å². The summed E-state index contributed by atoms with van der Waals surface area (Å²) >= 11 is 7.69. The monoisotopic (exact) mass is 476 g/mol. The maximum atomic E-state index is 13.6. The van der Waals surface area contributed by atoms with Crippen LogP contribution in [0.15, 0.2) is 47.5 Å². The number of carbonyl (C=O) groups excluding carboxylic acids is 1. The van der Waals surface area contributed by atoms with Crippen molar-refractivity contribution in [2.75, 3.05) is 24.7 Å². The molecular formula is C23H25ClN2O5S. The summed E-state index contributed by atoms with van der Waals surface area (Å²) < 4.78 is 11.4. The zero-order valence-electron chi connectivity index (χ0n) is 17.8. The molecule has 2 aliphatic heterocycles. The molecular weight excluding hydrogens is 452 g/mol. The Kier molecular flexibility index (Phi) is 6.78. The van der Waals surface area contributed by atoms with E-state index in [4.69, 9.17) is 26.2 Å². The van der Waals surface area contributed by atoms with Crippen molar-refractivity contribution in [1.82, 2.24) is 0 Å². The minimum Gasteiger partial charge on any atom is -0.489 e. The number of anilines is 1. The van der Waals surface area contributed by atoms with Gasteiger partial charge in [0.25, 0.3) is 5.91 Å². The summed E-state index contributed by atoms with van der Waals surface area (Å²) in [7, 11) is 0. The van der Waals surface area contributed by atoms with Crippen molar-refractivity contribution in [2.45, 2.75) is 37.4 Å². The van der Waals surface area contributed by atoms with Gasteiger partial charge in [0.05, 0.1) is 17.3 Å². The molecule has 0 bridgehead atoms. The van der Waals surface area contributed by atoms with Crippen LogP contribution in [0.1, 0.15) is 30.6 Å². The molecule has 2 aromatic carbocycles. The van der Waals surface area contributed by atoms with Gasteiger partial charge in [-0.05, 0) is 54.4 Å². The number of rotatable bonds is 8. The van der Waals surface area contributed by atoms with Crippen molar-refractivity contribution >= 4 is 40.1 Å². The van der Waals surface area contributed by atoms with Gasteiger partial charge in [-0.15, -0.1) is 0 Å². The van der Waals surface area contributed by atoms with Crippen molar-refractivity contribution in [3.05, 3.63) is 58.6 Å². The number of amides is 1. The van der Waals surface area contributed by atoms with Gasteiger partial charge in [0.15, 0.2) is 5.17 Å². The number of aliphatic imine (C=N–C) groups is 1. The van der Waals surface area contributed by atoms with E-state index in [0.29, 0.717) is 22.5 Å². The molecule has 3 atom stereocenters. The van der Waals surface area contributed by atoms with Gasteiger partial charge in [0.1, 0.15) is 24.6 Å². The lowest BCUT2D eigenvalue weighted by molar-refractivity contribution is -0.119. The molecule has 2 aliphatic rings. The van der Waals surface area contributed by atoms with Gasteiger partial charge < -0.3 is 19.7 Å². The minimum atomic E-state index is -1.06. The van der Waals surface area contributed by atoms with Crippen LogP contribution in [0.2, 0.25) is 5.02 Å². The molecule has 1 amide bonds. The Balaban J connectivity index is 1.58. The van der Waals surface area contributed by atoms with E-state index in [0.717, 1.165) is 23.2 Å². The van der Waals surface area contributed by atoms with Gasteiger partial charge in [-0.3, -0.25) is 14.7 Å². The molecule has 9 heteroatoms. The van der Waals surface area contributed by atoms with Crippen LogP contribution in [0, 0.1) is 6.92 Å². The van der Waals surface area contributed by atoms with Crippen molar-refractivity contribution in [1.29, 1.82) is 0 Å². The fourth-order valence-corrected chi connectivity index (χ4v) is 5.02. The third-order valence-corrected chi connectivity index (χ3v) is 6.82. The Labute approximate surface area is 196 Å². The number of carbonyl (C=O) groups is 1. The standard InChI is InChI=1S/C23H25ClN2O5S/c1-3-10-25-22-26(18-7-5-4-6-14(18)2)21(29)23(32-22)20(31-23)15-8-9-19(17(24)11-15)30-13-16(28)12-27/h4-9,11,16,20,27-28H,3,10,12-13H2,1-2H3/b25-22-/t16-,20?,23?/m1/s1. The second kappa shape index (κ2) is 9.41. The summed E-state index contributed by atoms with van der Waals surface area (Å²) in [5.74, 6) is 0.230. The first-order chi connectivity index (χ1) is 15.4. The lowest BCUT2D eigenvalue weighted by Crippen LogP contribution is -2.34. The molecule has 7 nitrogen and oxygen atoms in total. The van der Waals surface area contributed by atoms with Crippen LogP contribution in [0.4, 0.5) is 5.69 Å². The van der Waals surface area contributed by atoms with Gasteiger partial charge >= 0.3 is 0 Å². The molecule has 2 saturated heterocycles. The predicted octanol–water partition coefficient (Wildman–Crippen LogP) is 3.69. The van der Waals surface area contributed by atoms with Gasteiger partial charge in [-0.2, -0.15) is 0 Å². The average Bonchev–Trinajstić information content (AvgIpc) is 3.45. The van der Waals surface area contributed by atoms with Crippen molar-refractivity contribution in [2.24, 2.45) is 4.99 Å². The predicted molar refractivity (Wildman–Crippen MR) is 125 cm³/mol. The highest BCUT2D eigenvalue weighted by Crippen LogP contribution is 2.62. The highest BCUT2D eigenvalue weighted by Gasteiger charge is 2.71. The molecule has 2 aromatic rings. The summed E-state index contributed by atoms with van der Waals surface area (Å²) in [4.78, 5) is 18.8. The molecule has 0 aliphatic carbocycles. The molecule has 2 heterocycles. The molecule has 1 spiro atoms. The summed E-state index contributed by atoms with van der Waals surface area (Å²) in [5, 5.41) is 19.4. The van der Waals surface area contributed by atoms with Crippen LogP contribution in [-0.4, -0.2) is 52.1 Å². The van der Waals surface area contributed by atoms with Crippen molar-refractivity contribution in [3.63, 3.8) is 0 Å². The van der Waals surface area contributed by atoms with Crippen molar-refractivity contribution in [3.8, 4) is 5.75 Å². The van der Waals surface area contributed by atoms with E-state index in [1.807, 2.05) is 38.1 Å².